The molecule has 1 unspecified atom stereocenters. The third kappa shape index (κ3) is 5.06. The van der Waals surface area contributed by atoms with Crippen LogP contribution in [-0.4, -0.2) is 45.2 Å². The van der Waals surface area contributed by atoms with Crippen molar-refractivity contribution in [2.24, 2.45) is 0 Å². The minimum Gasteiger partial charge on any atom is -0.508 e. The van der Waals surface area contributed by atoms with Crippen LogP contribution in [0.1, 0.15) is 44.9 Å². The molecule has 29 heavy (non-hydrogen) atoms. The van der Waals surface area contributed by atoms with Crippen molar-refractivity contribution in [2.75, 3.05) is 6.54 Å². The lowest BCUT2D eigenvalue weighted by molar-refractivity contribution is -0.125. The Morgan fingerprint density at radius 3 is 2.76 bits per heavy atom. The Morgan fingerprint density at radius 2 is 2.14 bits per heavy atom. The van der Waals surface area contributed by atoms with Gasteiger partial charge in [0.1, 0.15) is 17.4 Å². The van der Waals surface area contributed by atoms with Gasteiger partial charge in [0.15, 0.2) is 0 Å². The van der Waals surface area contributed by atoms with E-state index in [0.717, 1.165) is 22.6 Å². The number of phenols is 1. The zero-order valence-corrected chi connectivity index (χ0v) is 18.0. The molecule has 3 rings (SSSR count). The number of aryl methyl sites for hydroxylation is 1. The van der Waals surface area contributed by atoms with Gasteiger partial charge >= 0.3 is 6.09 Å². The standard InChI is InChI=1S/C21H27N3O4S/c1-13-18(29-12-23-13)14-7-8-15(17(25)10-14)11-22-19(26)16-6-5-9-24(16)20(27)28-21(2,3)4/h7-8,10,12,16,25H,5-6,9,11H2,1-4H3,(H,22,26). The molecule has 2 aromatic rings. The van der Waals surface area contributed by atoms with E-state index in [1.807, 2.05) is 13.0 Å². The van der Waals surface area contributed by atoms with Crippen LogP contribution in [0, 0.1) is 6.92 Å². The highest BCUT2D eigenvalue weighted by Crippen LogP contribution is 2.31. The summed E-state index contributed by atoms with van der Waals surface area (Å²) in [7, 11) is 0. The van der Waals surface area contributed by atoms with Crippen molar-refractivity contribution in [3.63, 3.8) is 0 Å². The number of nitrogens with zero attached hydrogens (tertiary/aromatic N) is 2. The zero-order valence-electron chi connectivity index (χ0n) is 17.2. The molecule has 1 fully saturated rings. The molecular formula is C21H27N3O4S. The van der Waals surface area contributed by atoms with E-state index in [9.17, 15) is 14.7 Å². The van der Waals surface area contributed by atoms with Crippen LogP contribution in [-0.2, 0) is 16.1 Å². The lowest BCUT2D eigenvalue weighted by Crippen LogP contribution is -2.47. The third-order valence-corrected chi connectivity index (χ3v) is 5.71. The fraction of sp³-hybridized carbons (Fsp3) is 0.476. The predicted molar refractivity (Wildman–Crippen MR) is 112 cm³/mol. The van der Waals surface area contributed by atoms with Crippen LogP contribution in [0.5, 0.6) is 5.75 Å². The average molecular weight is 418 g/mol. The Bertz CT molecular complexity index is 904. The molecule has 1 aromatic heterocycles. The van der Waals surface area contributed by atoms with Crippen molar-refractivity contribution in [1.29, 1.82) is 0 Å². The largest absolute Gasteiger partial charge is 0.508 e. The van der Waals surface area contributed by atoms with Crippen LogP contribution in [0.4, 0.5) is 4.79 Å². The predicted octanol–water partition coefficient (Wildman–Crippen LogP) is 3.84. The fourth-order valence-electron chi connectivity index (χ4n) is 3.31. The normalized spacial score (nSPS) is 16.7. The van der Waals surface area contributed by atoms with E-state index in [1.165, 1.54) is 16.2 Å². The summed E-state index contributed by atoms with van der Waals surface area (Å²) in [6.45, 7) is 8.02. The van der Waals surface area contributed by atoms with Gasteiger partial charge in [-0.2, -0.15) is 0 Å². The summed E-state index contributed by atoms with van der Waals surface area (Å²) in [5, 5.41) is 13.2. The maximum atomic E-state index is 12.7. The number of carbonyl (C=O) groups excluding carboxylic acids is 2. The summed E-state index contributed by atoms with van der Waals surface area (Å²) in [6, 6.07) is 4.84. The second-order valence-corrected chi connectivity index (χ2v) is 9.01. The Hall–Kier alpha value is -2.61. The van der Waals surface area contributed by atoms with Gasteiger partial charge in [-0.3, -0.25) is 9.69 Å². The molecule has 0 radical (unpaired) electrons. The van der Waals surface area contributed by atoms with Crippen molar-refractivity contribution in [3.8, 4) is 16.2 Å². The molecule has 2 heterocycles. The Kier molecular flexibility index (Phi) is 6.12. The Balaban J connectivity index is 1.63. The van der Waals surface area contributed by atoms with Crippen LogP contribution < -0.4 is 5.32 Å². The molecular weight excluding hydrogens is 390 g/mol. The van der Waals surface area contributed by atoms with E-state index in [2.05, 4.69) is 10.3 Å². The van der Waals surface area contributed by atoms with Gasteiger partial charge < -0.3 is 15.2 Å². The molecule has 1 aliphatic rings. The van der Waals surface area contributed by atoms with Gasteiger partial charge in [0, 0.05) is 18.7 Å². The van der Waals surface area contributed by atoms with Gasteiger partial charge in [-0.25, -0.2) is 9.78 Å². The average Bonchev–Trinajstić information content (AvgIpc) is 3.28. The van der Waals surface area contributed by atoms with Crippen molar-refractivity contribution >= 4 is 23.3 Å². The van der Waals surface area contributed by atoms with Gasteiger partial charge in [0.25, 0.3) is 0 Å². The molecule has 156 valence electrons. The highest BCUT2D eigenvalue weighted by atomic mass is 32.1. The zero-order chi connectivity index (χ0) is 21.2. The highest BCUT2D eigenvalue weighted by molar-refractivity contribution is 7.13. The minimum absolute atomic E-state index is 0.117. The number of hydrogen-bond acceptors (Lipinski definition) is 6. The van der Waals surface area contributed by atoms with Gasteiger partial charge in [-0.15, -0.1) is 11.3 Å². The number of hydrogen-bond donors (Lipinski definition) is 2. The molecule has 2 amide bonds. The Morgan fingerprint density at radius 1 is 1.38 bits per heavy atom. The second kappa shape index (κ2) is 8.41. The molecule has 2 N–H and O–H groups in total. The quantitative estimate of drug-likeness (QED) is 0.789. The SMILES string of the molecule is Cc1ncsc1-c1ccc(CNC(=O)C2CCCN2C(=O)OC(C)(C)C)c(O)c1. The third-order valence-electron chi connectivity index (χ3n) is 4.73. The number of amides is 2. The van der Waals surface area contributed by atoms with Crippen LogP contribution >= 0.6 is 11.3 Å². The molecule has 7 nitrogen and oxygen atoms in total. The highest BCUT2D eigenvalue weighted by Gasteiger charge is 2.36. The van der Waals surface area contributed by atoms with Crippen LogP contribution in [0.3, 0.4) is 0 Å². The van der Waals surface area contributed by atoms with Crippen molar-refractivity contribution in [3.05, 3.63) is 35.0 Å². The number of rotatable bonds is 4. The monoisotopic (exact) mass is 417 g/mol. The van der Waals surface area contributed by atoms with E-state index in [1.54, 1.807) is 38.4 Å². The maximum absolute atomic E-state index is 12.7. The molecule has 1 aliphatic heterocycles. The fourth-order valence-corrected chi connectivity index (χ4v) is 4.11. The van der Waals surface area contributed by atoms with E-state index in [-0.39, 0.29) is 18.2 Å². The van der Waals surface area contributed by atoms with Crippen LogP contribution in [0.15, 0.2) is 23.7 Å². The molecule has 1 saturated heterocycles. The summed E-state index contributed by atoms with van der Waals surface area (Å²) in [5.74, 6) is -0.124. The lowest BCUT2D eigenvalue weighted by atomic mass is 10.1. The van der Waals surface area contributed by atoms with Crippen molar-refractivity contribution in [1.82, 2.24) is 15.2 Å². The van der Waals surface area contributed by atoms with Crippen LogP contribution in [0.25, 0.3) is 10.4 Å². The number of thiazole rings is 1. The Labute approximate surface area is 174 Å². The smallest absolute Gasteiger partial charge is 0.410 e. The number of aromatic hydroxyl groups is 1. The van der Waals surface area contributed by atoms with Crippen LogP contribution in [0.2, 0.25) is 0 Å². The van der Waals surface area contributed by atoms with E-state index in [0.29, 0.717) is 18.5 Å². The van der Waals surface area contributed by atoms with Crippen molar-refractivity contribution in [2.45, 2.75) is 58.7 Å². The number of likely N-dealkylation sites (tertiary alicyclic amines) is 1. The first-order chi connectivity index (χ1) is 13.7. The van der Waals surface area contributed by atoms with E-state index >= 15 is 0 Å². The molecule has 0 saturated carbocycles. The summed E-state index contributed by atoms with van der Waals surface area (Å²) in [5.41, 5.74) is 3.59. The topological polar surface area (TPSA) is 91.8 Å². The maximum Gasteiger partial charge on any atom is 0.410 e. The molecule has 0 aliphatic carbocycles. The van der Waals surface area contributed by atoms with Gasteiger partial charge in [0.2, 0.25) is 5.91 Å². The number of ether oxygens (including phenoxy) is 1. The van der Waals surface area contributed by atoms with E-state index < -0.39 is 17.7 Å². The van der Waals surface area contributed by atoms with Crippen molar-refractivity contribution < 1.29 is 19.4 Å². The number of phenolic OH excluding ortho intramolecular Hbond substituents is 1. The minimum atomic E-state index is -0.606. The van der Waals surface area contributed by atoms with Gasteiger partial charge in [-0.05, 0) is 52.2 Å². The first kappa shape index (κ1) is 21.1. The summed E-state index contributed by atoms with van der Waals surface area (Å²) in [4.78, 5) is 31.7. The summed E-state index contributed by atoms with van der Waals surface area (Å²) in [6.07, 6.45) is 0.883. The first-order valence-corrected chi connectivity index (χ1v) is 10.5. The van der Waals surface area contributed by atoms with Gasteiger partial charge in [0.05, 0.1) is 16.1 Å². The molecule has 0 spiro atoms. The van der Waals surface area contributed by atoms with Gasteiger partial charge in [-0.1, -0.05) is 12.1 Å². The van der Waals surface area contributed by atoms with E-state index in [4.69, 9.17) is 4.74 Å². The second-order valence-electron chi connectivity index (χ2n) is 8.16. The summed E-state index contributed by atoms with van der Waals surface area (Å²) < 4.78 is 5.40. The number of benzene rings is 1. The number of aromatic nitrogens is 1. The lowest BCUT2D eigenvalue weighted by Gasteiger charge is -2.28. The number of nitrogens with one attached hydrogen (secondary N) is 1. The summed E-state index contributed by atoms with van der Waals surface area (Å²) >= 11 is 1.52. The first-order valence-electron chi connectivity index (χ1n) is 9.65. The number of carbonyl (C=O) groups is 2. The molecule has 0 bridgehead atoms. The molecule has 1 atom stereocenters. The molecule has 8 heteroatoms. The molecule has 1 aromatic carbocycles.